The van der Waals surface area contributed by atoms with Crippen molar-refractivity contribution in [1.82, 2.24) is 0 Å². The average Bonchev–Trinajstić information content (AvgIpc) is 3.12. The zero-order chi connectivity index (χ0) is 20.3. The Morgan fingerprint density at radius 1 is 1.07 bits per heavy atom. The fraction of sp³-hybridized carbons (Fsp3) is 0.286. The molecule has 1 aliphatic heterocycles. The number of ether oxygens (including phenoxy) is 3. The molecule has 0 unspecified atom stereocenters. The van der Waals surface area contributed by atoms with Crippen LogP contribution < -0.4 is 14.8 Å². The predicted octanol–water partition coefficient (Wildman–Crippen LogP) is 3.54. The van der Waals surface area contributed by atoms with Crippen molar-refractivity contribution in [3.05, 3.63) is 53.1 Å². The molecule has 0 aliphatic carbocycles. The van der Waals surface area contributed by atoms with Crippen molar-refractivity contribution < 1.29 is 28.6 Å². The Morgan fingerprint density at radius 2 is 1.71 bits per heavy atom. The van der Waals surface area contributed by atoms with Crippen LogP contribution >= 0.6 is 0 Å². The van der Waals surface area contributed by atoms with Crippen molar-refractivity contribution in [2.24, 2.45) is 0 Å². The van der Waals surface area contributed by atoms with E-state index in [9.17, 15) is 14.4 Å². The van der Waals surface area contributed by atoms with Crippen LogP contribution in [0.15, 0.2) is 36.4 Å². The summed E-state index contributed by atoms with van der Waals surface area (Å²) in [7, 11) is 0. The number of rotatable bonds is 6. The lowest BCUT2D eigenvalue weighted by Crippen LogP contribution is -2.22. The largest absolute Gasteiger partial charge is 0.454 e. The number of esters is 1. The van der Waals surface area contributed by atoms with E-state index >= 15 is 0 Å². The highest BCUT2D eigenvalue weighted by molar-refractivity contribution is 6.05. The number of benzene rings is 2. The Balaban J connectivity index is 1.63. The fourth-order valence-corrected chi connectivity index (χ4v) is 2.74. The van der Waals surface area contributed by atoms with Crippen LogP contribution in [-0.2, 0) is 9.53 Å². The molecule has 1 N–H and O–H groups in total. The summed E-state index contributed by atoms with van der Waals surface area (Å²) in [5.41, 5.74) is 2.03. The minimum Gasteiger partial charge on any atom is -0.454 e. The van der Waals surface area contributed by atoms with Crippen LogP contribution in [0.3, 0.4) is 0 Å². The van der Waals surface area contributed by atoms with Crippen molar-refractivity contribution in [3.63, 3.8) is 0 Å². The molecule has 146 valence electrons. The summed E-state index contributed by atoms with van der Waals surface area (Å²) in [5.74, 6) is -0.165. The van der Waals surface area contributed by atoms with Gasteiger partial charge in [-0.15, -0.1) is 0 Å². The number of carbonyl (C=O) groups is 3. The highest BCUT2D eigenvalue weighted by atomic mass is 16.7. The minimum atomic E-state index is -0.595. The van der Waals surface area contributed by atoms with E-state index in [4.69, 9.17) is 14.2 Å². The van der Waals surface area contributed by atoms with Gasteiger partial charge in [-0.05, 0) is 36.6 Å². The van der Waals surface area contributed by atoms with Gasteiger partial charge in [-0.25, -0.2) is 4.79 Å². The third kappa shape index (κ3) is 4.31. The van der Waals surface area contributed by atoms with Crippen molar-refractivity contribution in [3.8, 4) is 11.5 Å². The second kappa shape index (κ2) is 8.12. The molecule has 0 saturated heterocycles. The Kier molecular flexibility index (Phi) is 5.63. The van der Waals surface area contributed by atoms with Crippen LogP contribution in [0.2, 0.25) is 0 Å². The Hall–Kier alpha value is -3.35. The van der Waals surface area contributed by atoms with Gasteiger partial charge >= 0.3 is 5.97 Å². The third-order valence-corrected chi connectivity index (χ3v) is 4.31. The Morgan fingerprint density at radius 3 is 2.32 bits per heavy atom. The summed E-state index contributed by atoms with van der Waals surface area (Å²) >= 11 is 0. The molecule has 0 spiro atoms. The number of hydrogen-bond acceptors (Lipinski definition) is 6. The number of hydrogen-bond donors (Lipinski definition) is 1. The first-order valence-electron chi connectivity index (χ1n) is 8.86. The number of carbonyl (C=O) groups excluding carboxylic acids is 3. The molecular weight excluding hydrogens is 362 g/mol. The van der Waals surface area contributed by atoms with E-state index in [-0.39, 0.29) is 23.8 Å². The molecule has 2 aromatic carbocycles. The standard InChI is InChI=1S/C21H21NO6/c1-12(2)14-4-6-15(7-5-14)21(25)26-10-20(24)22-17-9-19-18(27-11-28-19)8-16(17)13(3)23/h4-9,12H,10-11H2,1-3H3,(H,22,24). The summed E-state index contributed by atoms with van der Waals surface area (Å²) in [4.78, 5) is 36.2. The van der Waals surface area contributed by atoms with Crippen LogP contribution in [-0.4, -0.2) is 31.1 Å². The van der Waals surface area contributed by atoms with Gasteiger partial charge in [0.05, 0.1) is 11.3 Å². The number of fused-ring (bicyclic) bond motifs is 1. The molecule has 1 aliphatic rings. The summed E-state index contributed by atoms with van der Waals surface area (Å²) in [6, 6.07) is 10.1. The first-order valence-corrected chi connectivity index (χ1v) is 8.86. The van der Waals surface area contributed by atoms with Crippen LogP contribution in [0.5, 0.6) is 11.5 Å². The van der Waals surface area contributed by atoms with E-state index in [0.717, 1.165) is 5.56 Å². The van der Waals surface area contributed by atoms with E-state index in [0.29, 0.717) is 23.0 Å². The zero-order valence-corrected chi connectivity index (χ0v) is 15.9. The van der Waals surface area contributed by atoms with Crippen molar-refractivity contribution in [1.29, 1.82) is 0 Å². The van der Waals surface area contributed by atoms with Crippen molar-refractivity contribution in [2.75, 3.05) is 18.7 Å². The molecule has 28 heavy (non-hydrogen) atoms. The van der Waals surface area contributed by atoms with E-state index in [1.54, 1.807) is 12.1 Å². The van der Waals surface area contributed by atoms with Crippen LogP contribution in [0, 0.1) is 0 Å². The molecule has 3 rings (SSSR count). The molecule has 0 atom stereocenters. The molecule has 1 heterocycles. The predicted molar refractivity (Wildman–Crippen MR) is 102 cm³/mol. The Labute approximate surface area is 162 Å². The third-order valence-electron chi connectivity index (χ3n) is 4.31. The average molecular weight is 383 g/mol. The highest BCUT2D eigenvalue weighted by Gasteiger charge is 2.21. The molecule has 0 aromatic heterocycles. The molecular formula is C21H21NO6. The second-order valence-corrected chi connectivity index (χ2v) is 6.71. The number of Topliss-reactive ketones (excluding diaryl/α,β-unsaturated/α-hetero) is 1. The van der Waals surface area contributed by atoms with Gasteiger partial charge in [0.1, 0.15) is 0 Å². The molecule has 0 fully saturated rings. The normalized spacial score (nSPS) is 12.0. The lowest BCUT2D eigenvalue weighted by molar-refractivity contribution is -0.119. The first-order chi connectivity index (χ1) is 13.3. The maximum atomic E-state index is 12.2. The summed E-state index contributed by atoms with van der Waals surface area (Å²) in [6.45, 7) is 5.08. The van der Waals surface area contributed by atoms with Gasteiger partial charge in [-0.2, -0.15) is 0 Å². The van der Waals surface area contributed by atoms with Gasteiger partial charge in [0.25, 0.3) is 5.91 Å². The van der Waals surface area contributed by atoms with Crippen molar-refractivity contribution in [2.45, 2.75) is 26.7 Å². The molecule has 1 amide bonds. The molecule has 0 radical (unpaired) electrons. The number of amides is 1. The maximum absolute atomic E-state index is 12.2. The van der Waals surface area contributed by atoms with Gasteiger partial charge in [0.2, 0.25) is 6.79 Å². The van der Waals surface area contributed by atoms with Gasteiger partial charge in [-0.3, -0.25) is 9.59 Å². The quantitative estimate of drug-likeness (QED) is 0.606. The second-order valence-electron chi connectivity index (χ2n) is 6.71. The number of anilines is 1. The molecule has 2 aromatic rings. The van der Waals surface area contributed by atoms with Crippen LogP contribution in [0.25, 0.3) is 0 Å². The maximum Gasteiger partial charge on any atom is 0.338 e. The van der Waals surface area contributed by atoms with Crippen LogP contribution in [0.1, 0.15) is 53.0 Å². The van der Waals surface area contributed by atoms with Crippen molar-refractivity contribution >= 4 is 23.3 Å². The molecule has 0 saturated carbocycles. The van der Waals surface area contributed by atoms with E-state index in [1.165, 1.54) is 19.1 Å². The Bertz CT molecular complexity index is 917. The SMILES string of the molecule is CC(=O)c1cc2c(cc1NC(=O)COC(=O)c1ccc(C(C)C)cc1)OCO2. The highest BCUT2D eigenvalue weighted by Crippen LogP contribution is 2.37. The fourth-order valence-electron chi connectivity index (χ4n) is 2.74. The smallest absolute Gasteiger partial charge is 0.338 e. The van der Waals surface area contributed by atoms with E-state index in [1.807, 2.05) is 12.1 Å². The monoisotopic (exact) mass is 383 g/mol. The number of nitrogens with one attached hydrogen (secondary N) is 1. The van der Waals surface area contributed by atoms with E-state index in [2.05, 4.69) is 19.2 Å². The molecule has 7 nitrogen and oxygen atoms in total. The van der Waals surface area contributed by atoms with Gasteiger partial charge < -0.3 is 19.5 Å². The van der Waals surface area contributed by atoms with Gasteiger partial charge in [-0.1, -0.05) is 26.0 Å². The zero-order valence-electron chi connectivity index (χ0n) is 15.9. The minimum absolute atomic E-state index is 0.0529. The molecule has 0 bridgehead atoms. The summed E-state index contributed by atoms with van der Waals surface area (Å²) in [6.07, 6.45) is 0. The number of ketones is 1. The first kappa shape index (κ1) is 19.4. The lowest BCUT2D eigenvalue weighted by atomic mass is 10.0. The molecule has 7 heteroatoms. The van der Waals surface area contributed by atoms with Gasteiger partial charge in [0, 0.05) is 11.6 Å². The summed E-state index contributed by atoms with van der Waals surface area (Å²) < 4.78 is 15.6. The van der Waals surface area contributed by atoms with E-state index < -0.39 is 18.5 Å². The summed E-state index contributed by atoms with van der Waals surface area (Å²) in [5, 5.41) is 2.58. The topological polar surface area (TPSA) is 90.9 Å². The van der Waals surface area contributed by atoms with Crippen LogP contribution in [0.4, 0.5) is 5.69 Å². The van der Waals surface area contributed by atoms with Gasteiger partial charge in [0.15, 0.2) is 23.9 Å². The lowest BCUT2D eigenvalue weighted by Gasteiger charge is -2.11.